The molecule has 0 bridgehead atoms. The van der Waals surface area contributed by atoms with Crippen molar-refractivity contribution in [3.05, 3.63) is 47.3 Å². The highest BCUT2D eigenvalue weighted by Crippen LogP contribution is 2.29. The van der Waals surface area contributed by atoms with E-state index < -0.39 is 18.4 Å². The summed E-state index contributed by atoms with van der Waals surface area (Å²) in [4.78, 5) is 19.3. The standard InChI is InChI=1S/C19H28F3N5O2/c1-11-10-27(12(2)14-5-4-6-25-9-14)18(28)16(11)7-15(8-23)17(24)26-29-13(3)19(20,21)22/h4-5,7-9,11-13,17,25-26H,6,10,23-24H2,1-3H3/b15-8+,16-7+. The number of hydrogen-bond acceptors (Lipinski definition) is 6. The molecule has 10 heteroatoms. The van der Waals surface area contributed by atoms with Crippen LogP contribution in [0.1, 0.15) is 20.8 Å². The summed E-state index contributed by atoms with van der Waals surface area (Å²) in [7, 11) is 0. The molecule has 4 unspecified atom stereocenters. The molecule has 29 heavy (non-hydrogen) atoms. The normalized spacial score (nSPS) is 25.1. The fraction of sp³-hybridized carbons (Fsp3) is 0.526. The van der Waals surface area contributed by atoms with E-state index in [-0.39, 0.29) is 23.4 Å². The lowest BCUT2D eigenvalue weighted by Crippen LogP contribution is -2.44. The number of halogens is 3. The average molecular weight is 415 g/mol. The van der Waals surface area contributed by atoms with Crippen LogP contribution in [0.5, 0.6) is 0 Å². The Balaban J connectivity index is 2.09. The molecule has 0 aromatic rings. The third-order valence-corrected chi connectivity index (χ3v) is 4.98. The van der Waals surface area contributed by atoms with Gasteiger partial charge in [0.15, 0.2) is 6.10 Å². The lowest BCUT2D eigenvalue weighted by Gasteiger charge is -2.26. The number of rotatable bonds is 7. The van der Waals surface area contributed by atoms with Gasteiger partial charge in [-0.15, -0.1) is 0 Å². The molecule has 2 heterocycles. The highest BCUT2D eigenvalue weighted by Gasteiger charge is 2.38. The van der Waals surface area contributed by atoms with Gasteiger partial charge in [0.05, 0.1) is 6.04 Å². The molecular weight excluding hydrogens is 387 g/mol. The maximum Gasteiger partial charge on any atom is 0.416 e. The summed E-state index contributed by atoms with van der Waals surface area (Å²) in [6, 6.07) is -0.132. The molecule has 0 aliphatic carbocycles. The van der Waals surface area contributed by atoms with Crippen LogP contribution in [0, 0.1) is 5.92 Å². The van der Waals surface area contributed by atoms with Crippen LogP contribution < -0.4 is 22.3 Å². The molecule has 4 atom stereocenters. The predicted molar refractivity (Wildman–Crippen MR) is 104 cm³/mol. The molecule has 0 radical (unpaired) electrons. The molecule has 6 N–H and O–H groups in total. The third-order valence-electron chi connectivity index (χ3n) is 4.98. The van der Waals surface area contributed by atoms with E-state index >= 15 is 0 Å². The smallest absolute Gasteiger partial charge is 0.404 e. The quantitative estimate of drug-likeness (QED) is 0.285. The molecular formula is C19H28F3N5O2. The zero-order valence-electron chi connectivity index (χ0n) is 16.7. The number of alkyl halides is 3. The van der Waals surface area contributed by atoms with E-state index in [0.717, 1.165) is 25.2 Å². The number of likely N-dealkylation sites (tertiary alicyclic amines) is 1. The number of carbonyl (C=O) groups excluding carboxylic acids is 1. The summed E-state index contributed by atoms with van der Waals surface area (Å²) in [6.07, 6.45) is 0.804. The van der Waals surface area contributed by atoms with Gasteiger partial charge in [-0.25, -0.2) is 0 Å². The summed E-state index contributed by atoms with van der Waals surface area (Å²) >= 11 is 0. The summed E-state index contributed by atoms with van der Waals surface area (Å²) in [5.41, 5.74) is 15.3. The first-order valence-corrected chi connectivity index (χ1v) is 9.34. The topological polar surface area (TPSA) is 106 Å². The van der Waals surface area contributed by atoms with Crippen LogP contribution in [-0.4, -0.2) is 48.4 Å². The van der Waals surface area contributed by atoms with E-state index in [2.05, 4.69) is 15.6 Å². The number of hydroxylamine groups is 1. The van der Waals surface area contributed by atoms with Crippen LogP contribution in [0.3, 0.4) is 0 Å². The Morgan fingerprint density at radius 3 is 2.69 bits per heavy atom. The maximum absolute atomic E-state index is 12.9. The van der Waals surface area contributed by atoms with Gasteiger partial charge in [-0.3, -0.25) is 9.63 Å². The summed E-state index contributed by atoms with van der Waals surface area (Å²) in [6.45, 7) is 5.95. The second-order valence-electron chi connectivity index (χ2n) is 7.15. The first-order valence-electron chi connectivity index (χ1n) is 9.34. The fourth-order valence-electron chi connectivity index (χ4n) is 3.05. The number of dihydropyridines is 1. The van der Waals surface area contributed by atoms with Gasteiger partial charge in [0, 0.05) is 42.6 Å². The zero-order chi connectivity index (χ0) is 21.8. The van der Waals surface area contributed by atoms with Gasteiger partial charge in [0.25, 0.3) is 5.91 Å². The Morgan fingerprint density at radius 2 is 2.14 bits per heavy atom. The van der Waals surface area contributed by atoms with Crippen LogP contribution in [0.2, 0.25) is 0 Å². The van der Waals surface area contributed by atoms with E-state index in [4.69, 9.17) is 11.5 Å². The Morgan fingerprint density at radius 1 is 1.45 bits per heavy atom. The molecule has 0 saturated carbocycles. The minimum Gasteiger partial charge on any atom is -0.404 e. The Hall–Kier alpha value is -2.30. The van der Waals surface area contributed by atoms with Crippen LogP contribution in [-0.2, 0) is 9.63 Å². The number of nitrogens with zero attached hydrogens (tertiary/aromatic N) is 1. The minimum absolute atomic E-state index is 0.0942. The Bertz CT molecular complexity index is 730. The van der Waals surface area contributed by atoms with Crippen molar-refractivity contribution in [3.8, 4) is 0 Å². The van der Waals surface area contributed by atoms with Crippen molar-refractivity contribution in [2.75, 3.05) is 13.1 Å². The van der Waals surface area contributed by atoms with Crippen LogP contribution in [0.25, 0.3) is 0 Å². The summed E-state index contributed by atoms with van der Waals surface area (Å²) < 4.78 is 37.7. The number of hydrogen-bond donors (Lipinski definition) is 4. The minimum atomic E-state index is -4.53. The van der Waals surface area contributed by atoms with Gasteiger partial charge < -0.3 is 21.7 Å². The molecule has 1 saturated heterocycles. The Kier molecular flexibility index (Phi) is 7.50. The first-order chi connectivity index (χ1) is 13.6. The molecule has 1 fully saturated rings. The number of amides is 1. The molecule has 7 nitrogen and oxygen atoms in total. The van der Waals surface area contributed by atoms with E-state index in [1.807, 2.05) is 32.2 Å². The second-order valence-corrected chi connectivity index (χ2v) is 7.15. The molecule has 162 valence electrons. The molecule has 2 aliphatic rings. The number of nitrogens with one attached hydrogen (secondary N) is 2. The van der Waals surface area contributed by atoms with E-state index in [1.54, 1.807) is 4.90 Å². The molecule has 1 amide bonds. The number of nitrogens with two attached hydrogens (primary N) is 2. The molecule has 0 aromatic carbocycles. The van der Waals surface area contributed by atoms with E-state index in [9.17, 15) is 18.0 Å². The maximum atomic E-state index is 12.9. The van der Waals surface area contributed by atoms with Crippen LogP contribution in [0.15, 0.2) is 47.3 Å². The average Bonchev–Trinajstić information content (AvgIpc) is 2.96. The van der Waals surface area contributed by atoms with Crippen molar-refractivity contribution in [2.45, 2.75) is 45.3 Å². The highest BCUT2D eigenvalue weighted by molar-refractivity contribution is 5.97. The second kappa shape index (κ2) is 9.47. The molecule has 2 aliphatic heterocycles. The van der Waals surface area contributed by atoms with Crippen molar-refractivity contribution in [1.29, 1.82) is 0 Å². The van der Waals surface area contributed by atoms with Gasteiger partial charge >= 0.3 is 6.18 Å². The number of carbonyl (C=O) groups is 1. The van der Waals surface area contributed by atoms with Crippen molar-refractivity contribution in [3.63, 3.8) is 0 Å². The summed E-state index contributed by atoms with van der Waals surface area (Å²) in [5, 5.41) is 3.12. The van der Waals surface area contributed by atoms with Gasteiger partial charge in [-0.05, 0) is 25.5 Å². The van der Waals surface area contributed by atoms with Crippen LogP contribution >= 0.6 is 0 Å². The van der Waals surface area contributed by atoms with E-state index in [0.29, 0.717) is 12.1 Å². The SMILES string of the molecule is CC1CN(C(C)C2=CNCC=C2)C(=O)/C1=C/C(=C\N)C(N)NOC(C)C(F)(F)F. The largest absolute Gasteiger partial charge is 0.416 e. The van der Waals surface area contributed by atoms with Crippen molar-refractivity contribution >= 4 is 5.91 Å². The molecule has 2 rings (SSSR count). The monoisotopic (exact) mass is 415 g/mol. The van der Waals surface area contributed by atoms with Crippen LogP contribution in [0.4, 0.5) is 13.2 Å². The summed E-state index contributed by atoms with van der Waals surface area (Å²) in [5.74, 6) is -0.260. The fourth-order valence-corrected chi connectivity index (χ4v) is 3.05. The van der Waals surface area contributed by atoms with Crippen molar-refractivity contribution < 1.29 is 22.8 Å². The van der Waals surface area contributed by atoms with E-state index in [1.165, 1.54) is 6.08 Å². The van der Waals surface area contributed by atoms with Crippen molar-refractivity contribution in [1.82, 2.24) is 15.7 Å². The van der Waals surface area contributed by atoms with Gasteiger partial charge in [0.1, 0.15) is 6.17 Å². The Labute approximate surface area is 168 Å². The predicted octanol–water partition coefficient (Wildman–Crippen LogP) is 1.42. The zero-order valence-corrected chi connectivity index (χ0v) is 16.7. The lowest BCUT2D eigenvalue weighted by molar-refractivity contribution is -0.233. The first kappa shape index (κ1) is 23.0. The van der Waals surface area contributed by atoms with Gasteiger partial charge in [-0.2, -0.15) is 18.7 Å². The third kappa shape index (κ3) is 5.62. The van der Waals surface area contributed by atoms with Gasteiger partial charge in [-0.1, -0.05) is 19.1 Å². The highest BCUT2D eigenvalue weighted by atomic mass is 19.4. The lowest BCUT2D eigenvalue weighted by atomic mass is 10.0. The molecule has 0 spiro atoms. The van der Waals surface area contributed by atoms with Crippen molar-refractivity contribution in [2.24, 2.45) is 17.4 Å². The molecule has 0 aromatic heterocycles. The van der Waals surface area contributed by atoms with Gasteiger partial charge in [0.2, 0.25) is 0 Å².